The Balaban J connectivity index is 2.12. The minimum absolute atomic E-state index is 0.203. The molecule has 0 unspecified atom stereocenters. The number of carbonyl (C=O) groups is 1. The Labute approximate surface area is 156 Å². The monoisotopic (exact) mass is 368 g/mol. The molecule has 0 atom stereocenters. The van der Waals surface area contributed by atoms with Crippen LogP contribution >= 0.6 is 0 Å². The first-order chi connectivity index (χ1) is 12.9. The maximum atomic E-state index is 14.5. The number of halogens is 1. The van der Waals surface area contributed by atoms with Crippen LogP contribution in [0.5, 0.6) is 5.75 Å². The Morgan fingerprint density at radius 3 is 2.63 bits per heavy atom. The highest BCUT2D eigenvalue weighted by molar-refractivity contribution is 5.92. The predicted octanol–water partition coefficient (Wildman–Crippen LogP) is 4.22. The van der Waals surface area contributed by atoms with Gasteiger partial charge in [0.25, 0.3) is 0 Å². The van der Waals surface area contributed by atoms with Gasteiger partial charge in [-0.2, -0.15) is 0 Å². The largest absolute Gasteiger partial charge is 0.496 e. The van der Waals surface area contributed by atoms with E-state index in [1.165, 1.54) is 26.2 Å². The van der Waals surface area contributed by atoms with E-state index in [2.05, 4.69) is 20.6 Å². The summed E-state index contributed by atoms with van der Waals surface area (Å²) in [4.78, 5) is 20.1. The lowest BCUT2D eigenvalue weighted by molar-refractivity contribution is -0.114. The second-order valence-electron chi connectivity index (χ2n) is 6.48. The van der Waals surface area contributed by atoms with E-state index in [1.54, 1.807) is 24.4 Å². The van der Waals surface area contributed by atoms with E-state index in [1.807, 2.05) is 13.8 Å². The van der Waals surface area contributed by atoms with Crippen LogP contribution in [-0.2, 0) is 4.79 Å². The average Bonchev–Trinajstić information content (AvgIpc) is 2.61. The number of fused-ring (bicyclic) bond motifs is 1. The lowest BCUT2D eigenvalue weighted by Gasteiger charge is -2.14. The van der Waals surface area contributed by atoms with Gasteiger partial charge in [-0.1, -0.05) is 0 Å². The summed E-state index contributed by atoms with van der Waals surface area (Å²) >= 11 is 0. The second kappa shape index (κ2) is 7.57. The van der Waals surface area contributed by atoms with Crippen molar-refractivity contribution >= 4 is 28.4 Å². The first-order valence-electron chi connectivity index (χ1n) is 8.56. The molecule has 1 aromatic heterocycles. The minimum Gasteiger partial charge on any atom is -0.496 e. The molecular formula is C20H21FN4O2. The molecule has 7 heteroatoms. The second-order valence-corrected chi connectivity index (χ2v) is 6.48. The molecule has 2 N–H and O–H groups in total. The number of methoxy groups -OCH3 is 1. The quantitative estimate of drug-likeness (QED) is 0.705. The van der Waals surface area contributed by atoms with Crippen LogP contribution in [0.15, 0.2) is 36.5 Å². The SMILES string of the molecule is COc1cc2nc(NC(C)C)ncc2cc1-c1cc(NC(C)=O)ccc1F. The summed E-state index contributed by atoms with van der Waals surface area (Å²) in [7, 11) is 1.52. The molecule has 6 nitrogen and oxygen atoms in total. The molecule has 3 rings (SSSR count). The molecule has 0 spiro atoms. The number of anilines is 2. The Kier molecular flexibility index (Phi) is 5.21. The van der Waals surface area contributed by atoms with E-state index in [0.29, 0.717) is 34.0 Å². The summed E-state index contributed by atoms with van der Waals surface area (Å²) in [5.74, 6) is 0.360. The molecule has 2 aromatic carbocycles. The van der Waals surface area contributed by atoms with Crippen LogP contribution in [0, 0.1) is 5.82 Å². The summed E-state index contributed by atoms with van der Waals surface area (Å²) in [6.07, 6.45) is 1.69. The Morgan fingerprint density at radius 1 is 1.19 bits per heavy atom. The minimum atomic E-state index is -0.416. The third-order valence-corrected chi connectivity index (χ3v) is 3.90. The fourth-order valence-electron chi connectivity index (χ4n) is 2.78. The Hall–Kier alpha value is -3.22. The Bertz CT molecular complexity index is 1000. The van der Waals surface area contributed by atoms with Gasteiger partial charge in [-0.25, -0.2) is 14.4 Å². The van der Waals surface area contributed by atoms with E-state index >= 15 is 0 Å². The van der Waals surface area contributed by atoms with Gasteiger partial charge in [0.15, 0.2) is 0 Å². The van der Waals surface area contributed by atoms with Crippen LogP contribution in [0.2, 0.25) is 0 Å². The van der Waals surface area contributed by atoms with Gasteiger partial charge in [-0.05, 0) is 38.1 Å². The van der Waals surface area contributed by atoms with Crippen molar-refractivity contribution in [2.75, 3.05) is 17.7 Å². The van der Waals surface area contributed by atoms with Gasteiger partial charge in [-0.15, -0.1) is 0 Å². The number of hydrogen-bond acceptors (Lipinski definition) is 5. The third-order valence-electron chi connectivity index (χ3n) is 3.90. The molecule has 0 radical (unpaired) electrons. The molecular weight excluding hydrogens is 347 g/mol. The summed E-state index contributed by atoms with van der Waals surface area (Å²) in [5, 5.41) is 6.57. The maximum Gasteiger partial charge on any atom is 0.223 e. The summed E-state index contributed by atoms with van der Waals surface area (Å²) in [5.41, 5.74) is 2.08. The third kappa shape index (κ3) is 4.13. The van der Waals surface area contributed by atoms with Crippen molar-refractivity contribution in [3.05, 3.63) is 42.3 Å². The van der Waals surface area contributed by atoms with Gasteiger partial charge in [-0.3, -0.25) is 4.79 Å². The molecule has 140 valence electrons. The number of hydrogen-bond donors (Lipinski definition) is 2. The molecule has 3 aromatic rings. The number of carbonyl (C=O) groups excluding carboxylic acids is 1. The zero-order chi connectivity index (χ0) is 19.6. The van der Waals surface area contributed by atoms with E-state index < -0.39 is 5.82 Å². The molecule has 0 aliphatic carbocycles. The van der Waals surface area contributed by atoms with Crippen LogP contribution in [0.1, 0.15) is 20.8 Å². The van der Waals surface area contributed by atoms with Crippen LogP contribution < -0.4 is 15.4 Å². The van der Waals surface area contributed by atoms with Gasteiger partial charge in [0.05, 0.1) is 12.6 Å². The number of benzene rings is 2. The molecule has 0 bridgehead atoms. The van der Waals surface area contributed by atoms with Gasteiger partial charge >= 0.3 is 0 Å². The van der Waals surface area contributed by atoms with Crippen LogP contribution in [0.4, 0.5) is 16.0 Å². The van der Waals surface area contributed by atoms with Gasteiger partial charge in [0.2, 0.25) is 11.9 Å². The highest BCUT2D eigenvalue weighted by atomic mass is 19.1. The van der Waals surface area contributed by atoms with Crippen molar-refractivity contribution in [3.8, 4) is 16.9 Å². The molecule has 0 saturated carbocycles. The number of amides is 1. The van der Waals surface area contributed by atoms with Crippen molar-refractivity contribution in [1.82, 2.24) is 9.97 Å². The van der Waals surface area contributed by atoms with Crippen molar-refractivity contribution in [2.45, 2.75) is 26.8 Å². The number of aromatic nitrogens is 2. The topological polar surface area (TPSA) is 76.1 Å². The fraction of sp³-hybridized carbons (Fsp3) is 0.250. The molecule has 0 aliphatic heterocycles. The van der Waals surface area contributed by atoms with Crippen LogP contribution in [0.25, 0.3) is 22.0 Å². The standard InChI is InChI=1S/C20H21FN4O2/c1-11(2)23-20-22-10-13-7-16(19(27-4)9-18(13)25-20)15-8-14(24-12(3)26)5-6-17(15)21/h5-11H,1-4H3,(H,24,26)(H,22,23,25). The van der Waals surface area contributed by atoms with E-state index in [9.17, 15) is 9.18 Å². The van der Waals surface area contributed by atoms with Crippen molar-refractivity contribution in [1.29, 1.82) is 0 Å². The zero-order valence-electron chi connectivity index (χ0n) is 15.6. The number of ether oxygens (including phenoxy) is 1. The van der Waals surface area contributed by atoms with Crippen molar-refractivity contribution in [2.24, 2.45) is 0 Å². The molecule has 0 saturated heterocycles. The smallest absolute Gasteiger partial charge is 0.223 e. The van der Waals surface area contributed by atoms with E-state index in [4.69, 9.17) is 4.74 Å². The molecule has 1 amide bonds. The lowest BCUT2D eigenvalue weighted by atomic mass is 10.0. The Morgan fingerprint density at radius 2 is 1.96 bits per heavy atom. The normalized spacial score (nSPS) is 10.9. The maximum absolute atomic E-state index is 14.5. The van der Waals surface area contributed by atoms with E-state index in [-0.39, 0.29) is 11.9 Å². The lowest BCUT2D eigenvalue weighted by Crippen LogP contribution is -2.12. The summed E-state index contributed by atoms with van der Waals surface area (Å²) in [6.45, 7) is 5.41. The fourth-order valence-corrected chi connectivity index (χ4v) is 2.78. The summed E-state index contributed by atoms with van der Waals surface area (Å²) < 4.78 is 20.0. The number of nitrogens with one attached hydrogen (secondary N) is 2. The highest BCUT2D eigenvalue weighted by Crippen LogP contribution is 2.36. The van der Waals surface area contributed by atoms with Crippen molar-refractivity contribution < 1.29 is 13.9 Å². The van der Waals surface area contributed by atoms with Crippen molar-refractivity contribution in [3.63, 3.8) is 0 Å². The summed E-state index contributed by atoms with van der Waals surface area (Å²) in [6, 6.07) is 8.15. The van der Waals surface area contributed by atoms with Gasteiger partial charge in [0, 0.05) is 47.4 Å². The van der Waals surface area contributed by atoms with E-state index in [0.717, 1.165) is 5.39 Å². The first-order valence-corrected chi connectivity index (χ1v) is 8.56. The number of rotatable bonds is 5. The molecule has 1 heterocycles. The molecule has 0 fully saturated rings. The average molecular weight is 368 g/mol. The molecule has 27 heavy (non-hydrogen) atoms. The zero-order valence-corrected chi connectivity index (χ0v) is 15.6. The number of nitrogens with zero attached hydrogens (tertiary/aromatic N) is 2. The highest BCUT2D eigenvalue weighted by Gasteiger charge is 2.15. The van der Waals surface area contributed by atoms with Crippen LogP contribution in [-0.4, -0.2) is 29.0 Å². The van der Waals surface area contributed by atoms with Gasteiger partial charge < -0.3 is 15.4 Å². The molecule has 0 aliphatic rings. The van der Waals surface area contributed by atoms with Crippen LogP contribution in [0.3, 0.4) is 0 Å². The first kappa shape index (κ1) is 18.6. The predicted molar refractivity (Wildman–Crippen MR) is 105 cm³/mol. The van der Waals surface area contributed by atoms with Gasteiger partial charge in [0.1, 0.15) is 11.6 Å².